The largest absolute Gasteiger partial charge is 0.356 e. The number of hydrogen-bond acceptors (Lipinski definition) is 5. The van der Waals surface area contributed by atoms with E-state index in [1.165, 1.54) is 0 Å². The van der Waals surface area contributed by atoms with E-state index in [9.17, 15) is 19.6 Å². The Morgan fingerprint density at radius 2 is 2.07 bits per heavy atom. The average Bonchev–Trinajstić information content (AvgIpc) is 3.19. The van der Waals surface area contributed by atoms with Crippen LogP contribution >= 0.6 is 0 Å². The maximum atomic E-state index is 13.4. The molecule has 4 rings (SSSR count). The van der Waals surface area contributed by atoms with E-state index < -0.39 is 17.6 Å². The Hall–Kier alpha value is -2.14. The first-order valence-corrected chi connectivity index (χ1v) is 10.9. The summed E-state index contributed by atoms with van der Waals surface area (Å²) in [6.07, 6.45) is 6.51. The molecule has 4 atom stereocenters. The van der Waals surface area contributed by atoms with E-state index >= 15 is 0 Å². The zero-order chi connectivity index (χ0) is 20.6. The minimum atomic E-state index is -0.709. The molecule has 4 fully saturated rings. The normalized spacial score (nSPS) is 31.7. The van der Waals surface area contributed by atoms with Gasteiger partial charge in [0.1, 0.15) is 17.6 Å². The molecule has 1 aliphatic carbocycles. The van der Waals surface area contributed by atoms with Gasteiger partial charge in [0.05, 0.1) is 6.07 Å². The number of hydrogen-bond donors (Lipinski definition) is 2. The number of nitrogens with one attached hydrogen (secondary N) is 2. The predicted octanol–water partition coefficient (Wildman–Crippen LogP) is 0.386. The fourth-order valence-electron chi connectivity index (χ4n) is 5.29. The summed E-state index contributed by atoms with van der Waals surface area (Å²) < 4.78 is 0. The SMILES string of the molecule is CN1CCC[C@@]12CCN([C@H](CC1CC1)C(=O)N[C@H](C#N)C[C@@H]1CCNC1=O)C2=O. The Morgan fingerprint density at radius 1 is 1.28 bits per heavy atom. The van der Waals surface area contributed by atoms with E-state index in [2.05, 4.69) is 21.6 Å². The molecule has 8 nitrogen and oxygen atoms in total. The van der Waals surface area contributed by atoms with Crippen LogP contribution in [-0.4, -0.2) is 71.8 Å². The van der Waals surface area contributed by atoms with E-state index in [1.807, 2.05) is 7.05 Å². The molecule has 8 heteroatoms. The number of amides is 3. The maximum absolute atomic E-state index is 13.4. The van der Waals surface area contributed by atoms with Gasteiger partial charge in [-0.05, 0) is 58.0 Å². The van der Waals surface area contributed by atoms with Gasteiger partial charge in [0.2, 0.25) is 17.7 Å². The van der Waals surface area contributed by atoms with Gasteiger partial charge < -0.3 is 15.5 Å². The second-order valence-corrected chi connectivity index (χ2v) is 9.20. The monoisotopic (exact) mass is 401 g/mol. The third-order valence-corrected chi connectivity index (χ3v) is 7.33. The summed E-state index contributed by atoms with van der Waals surface area (Å²) in [6.45, 7) is 2.13. The summed E-state index contributed by atoms with van der Waals surface area (Å²) in [4.78, 5) is 42.3. The number of rotatable bonds is 7. The highest BCUT2D eigenvalue weighted by molar-refractivity contribution is 5.94. The van der Waals surface area contributed by atoms with Crippen molar-refractivity contribution in [3.8, 4) is 6.07 Å². The van der Waals surface area contributed by atoms with Crippen LogP contribution in [0.2, 0.25) is 0 Å². The molecular formula is C21H31N5O3. The molecule has 0 bridgehead atoms. The molecule has 0 unspecified atom stereocenters. The lowest BCUT2D eigenvalue weighted by Gasteiger charge is -2.33. The minimum absolute atomic E-state index is 0.0463. The van der Waals surface area contributed by atoms with Gasteiger partial charge in [-0.1, -0.05) is 12.8 Å². The number of nitriles is 1. The average molecular weight is 402 g/mol. The van der Waals surface area contributed by atoms with Crippen molar-refractivity contribution in [1.29, 1.82) is 5.26 Å². The van der Waals surface area contributed by atoms with Crippen molar-refractivity contribution in [2.45, 2.75) is 69.0 Å². The van der Waals surface area contributed by atoms with E-state index in [0.717, 1.165) is 38.6 Å². The lowest BCUT2D eigenvalue weighted by atomic mass is 9.94. The standard InChI is InChI=1S/C21H31N5O3/c1-25-9-2-6-21(25)7-10-26(20(21)29)17(11-14-3-4-14)19(28)24-16(13-22)12-15-5-8-23-18(15)27/h14-17H,2-12H2,1H3,(H,23,27)(H,24,28)/t15-,16-,17+,21-/m0/s1. The lowest BCUT2D eigenvalue weighted by Crippen LogP contribution is -2.55. The highest BCUT2D eigenvalue weighted by Crippen LogP contribution is 2.41. The zero-order valence-electron chi connectivity index (χ0n) is 17.2. The van der Waals surface area contributed by atoms with Crippen LogP contribution in [0.3, 0.4) is 0 Å². The highest BCUT2D eigenvalue weighted by atomic mass is 16.2. The summed E-state index contributed by atoms with van der Waals surface area (Å²) in [5, 5.41) is 15.2. The van der Waals surface area contributed by atoms with Crippen molar-refractivity contribution in [2.24, 2.45) is 11.8 Å². The van der Waals surface area contributed by atoms with Crippen molar-refractivity contribution in [2.75, 3.05) is 26.7 Å². The van der Waals surface area contributed by atoms with Crippen molar-refractivity contribution in [3.05, 3.63) is 0 Å². The fourth-order valence-corrected chi connectivity index (χ4v) is 5.29. The summed E-state index contributed by atoms with van der Waals surface area (Å²) in [5.74, 6) is 0.0352. The molecule has 29 heavy (non-hydrogen) atoms. The topological polar surface area (TPSA) is 106 Å². The van der Waals surface area contributed by atoms with Crippen LogP contribution in [-0.2, 0) is 14.4 Å². The van der Waals surface area contributed by atoms with E-state index in [-0.39, 0.29) is 23.6 Å². The van der Waals surface area contributed by atoms with Gasteiger partial charge in [0.25, 0.3) is 0 Å². The van der Waals surface area contributed by atoms with Gasteiger partial charge in [0.15, 0.2) is 0 Å². The number of likely N-dealkylation sites (tertiary alicyclic amines) is 2. The summed E-state index contributed by atoms with van der Waals surface area (Å²) in [5.41, 5.74) is -0.446. The fraction of sp³-hybridized carbons (Fsp3) is 0.810. The highest BCUT2D eigenvalue weighted by Gasteiger charge is 2.54. The Labute approximate surface area is 172 Å². The summed E-state index contributed by atoms with van der Waals surface area (Å²) >= 11 is 0. The summed E-state index contributed by atoms with van der Waals surface area (Å²) in [6, 6.07) is 0.912. The Morgan fingerprint density at radius 3 is 2.66 bits per heavy atom. The first kappa shape index (κ1) is 20.1. The smallest absolute Gasteiger partial charge is 0.243 e. The van der Waals surface area contributed by atoms with E-state index in [0.29, 0.717) is 38.3 Å². The summed E-state index contributed by atoms with van der Waals surface area (Å²) in [7, 11) is 2.00. The maximum Gasteiger partial charge on any atom is 0.243 e. The van der Waals surface area contributed by atoms with Crippen LogP contribution in [0.1, 0.15) is 51.4 Å². The number of carbonyl (C=O) groups excluding carboxylic acids is 3. The van der Waals surface area contributed by atoms with Crippen LogP contribution < -0.4 is 10.6 Å². The number of nitrogens with zero attached hydrogens (tertiary/aromatic N) is 3. The van der Waals surface area contributed by atoms with Gasteiger partial charge in [-0.3, -0.25) is 19.3 Å². The molecule has 158 valence electrons. The Bertz CT molecular complexity index is 730. The minimum Gasteiger partial charge on any atom is -0.356 e. The predicted molar refractivity (Wildman–Crippen MR) is 105 cm³/mol. The Kier molecular flexibility index (Phi) is 5.52. The van der Waals surface area contributed by atoms with Crippen molar-refractivity contribution in [3.63, 3.8) is 0 Å². The van der Waals surface area contributed by atoms with Crippen LogP contribution in [0.25, 0.3) is 0 Å². The molecule has 2 N–H and O–H groups in total. The van der Waals surface area contributed by atoms with Gasteiger partial charge >= 0.3 is 0 Å². The molecule has 3 saturated heterocycles. The van der Waals surface area contributed by atoms with Crippen LogP contribution in [0, 0.1) is 23.2 Å². The van der Waals surface area contributed by atoms with Crippen LogP contribution in [0.5, 0.6) is 0 Å². The molecule has 0 aromatic carbocycles. The molecule has 4 aliphatic rings. The molecule has 3 heterocycles. The second kappa shape index (κ2) is 7.94. The Balaban J connectivity index is 1.45. The molecule has 1 spiro atoms. The first-order valence-electron chi connectivity index (χ1n) is 10.9. The van der Waals surface area contributed by atoms with Gasteiger partial charge in [-0.15, -0.1) is 0 Å². The quantitative estimate of drug-likeness (QED) is 0.642. The second-order valence-electron chi connectivity index (χ2n) is 9.20. The van der Waals surface area contributed by atoms with E-state index in [4.69, 9.17) is 0 Å². The molecule has 0 aromatic heterocycles. The first-order chi connectivity index (χ1) is 13.9. The molecule has 0 radical (unpaired) electrons. The van der Waals surface area contributed by atoms with E-state index in [1.54, 1.807) is 4.90 Å². The lowest BCUT2D eigenvalue weighted by molar-refractivity contribution is -0.143. The molecule has 3 aliphatic heterocycles. The third-order valence-electron chi connectivity index (χ3n) is 7.33. The van der Waals surface area contributed by atoms with Gasteiger partial charge in [-0.2, -0.15) is 5.26 Å². The van der Waals surface area contributed by atoms with Crippen molar-refractivity contribution in [1.82, 2.24) is 20.4 Å². The molecular weight excluding hydrogens is 370 g/mol. The van der Waals surface area contributed by atoms with Crippen molar-refractivity contribution >= 4 is 17.7 Å². The molecule has 1 saturated carbocycles. The number of likely N-dealkylation sites (N-methyl/N-ethyl adjacent to an activating group) is 1. The van der Waals surface area contributed by atoms with Crippen molar-refractivity contribution < 1.29 is 14.4 Å². The zero-order valence-corrected chi connectivity index (χ0v) is 17.2. The number of carbonyl (C=O) groups is 3. The van der Waals surface area contributed by atoms with Gasteiger partial charge in [-0.25, -0.2) is 0 Å². The third kappa shape index (κ3) is 3.85. The molecule has 0 aromatic rings. The van der Waals surface area contributed by atoms with Crippen LogP contribution in [0.15, 0.2) is 0 Å². The van der Waals surface area contributed by atoms with Gasteiger partial charge in [0, 0.05) is 19.0 Å². The molecule has 3 amide bonds. The van der Waals surface area contributed by atoms with Crippen LogP contribution in [0.4, 0.5) is 0 Å².